The smallest absolute Gasteiger partial charge is 0.244 e. The van der Waals surface area contributed by atoms with Crippen LogP contribution in [-0.2, 0) is 4.79 Å². The van der Waals surface area contributed by atoms with Crippen molar-refractivity contribution < 1.29 is 23.7 Å². The zero-order valence-electron chi connectivity index (χ0n) is 15.2. The third-order valence-electron chi connectivity index (χ3n) is 3.58. The molecule has 6 heteroatoms. The second-order valence-electron chi connectivity index (χ2n) is 5.26. The number of carbonyl (C=O) groups is 1. The van der Waals surface area contributed by atoms with Crippen molar-refractivity contribution in [3.63, 3.8) is 0 Å². The molecule has 2 rings (SSSR count). The molecule has 1 amide bonds. The highest BCUT2D eigenvalue weighted by Gasteiger charge is 2.03. The number of carbonyl (C=O) groups excluding carboxylic acids is 1. The minimum atomic E-state index is -0.207. The molecule has 0 atom stereocenters. The summed E-state index contributed by atoms with van der Waals surface area (Å²) in [7, 11) is 4.77. The van der Waals surface area contributed by atoms with Crippen LogP contribution in [-0.4, -0.2) is 40.4 Å². The highest BCUT2D eigenvalue weighted by atomic mass is 16.5. The Kier molecular flexibility index (Phi) is 7.36. The molecule has 2 aromatic rings. The van der Waals surface area contributed by atoms with E-state index < -0.39 is 0 Å². The third kappa shape index (κ3) is 5.73. The molecular weight excluding hydrogens is 334 g/mol. The van der Waals surface area contributed by atoms with Gasteiger partial charge < -0.3 is 24.3 Å². The molecule has 138 valence electrons. The van der Waals surface area contributed by atoms with Crippen molar-refractivity contribution in [3.05, 3.63) is 54.1 Å². The van der Waals surface area contributed by atoms with E-state index in [9.17, 15) is 4.79 Å². The van der Waals surface area contributed by atoms with Crippen LogP contribution in [0.3, 0.4) is 0 Å². The van der Waals surface area contributed by atoms with Crippen LogP contribution in [0.2, 0.25) is 0 Å². The quantitative estimate of drug-likeness (QED) is 0.552. The maximum atomic E-state index is 11.9. The molecule has 0 aliphatic rings. The van der Waals surface area contributed by atoms with Crippen molar-refractivity contribution in [2.24, 2.45) is 0 Å². The summed E-state index contributed by atoms with van der Waals surface area (Å²) in [6, 6.07) is 12.7. The average Bonchev–Trinajstić information content (AvgIpc) is 2.69. The Bertz CT molecular complexity index is 740. The fraction of sp³-hybridized carbons (Fsp3) is 0.250. The van der Waals surface area contributed by atoms with Gasteiger partial charge in [-0.1, -0.05) is 0 Å². The first-order valence-electron chi connectivity index (χ1n) is 8.11. The molecule has 1 N–H and O–H groups in total. The molecule has 0 aromatic heterocycles. The number of rotatable bonds is 9. The average molecular weight is 357 g/mol. The summed E-state index contributed by atoms with van der Waals surface area (Å²) in [6.07, 6.45) is 3.15. The van der Waals surface area contributed by atoms with Gasteiger partial charge in [0.2, 0.25) is 5.91 Å². The van der Waals surface area contributed by atoms with Crippen LogP contribution in [0.5, 0.6) is 23.0 Å². The van der Waals surface area contributed by atoms with Crippen LogP contribution in [0, 0.1) is 0 Å². The maximum absolute atomic E-state index is 11.9. The number of amides is 1. The largest absolute Gasteiger partial charge is 0.497 e. The molecular formula is C20H23NO5. The van der Waals surface area contributed by atoms with Gasteiger partial charge in [-0.05, 0) is 42.5 Å². The van der Waals surface area contributed by atoms with Crippen LogP contribution in [0.1, 0.15) is 5.56 Å². The van der Waals surface area contributed by atoms with E-state index in [0.29, 0.717) is 24.7 Å². The molecule has 6 nitrogen and oxygen atoms in total. The van der Waals surface area contributed by atoms with Crippen LogP contribution < -0.4 is 24.3 Å². The van der Waals surface area contributed by atoms with Gasteiger partial charge in [-0.3, -0.25) is 4.79 Å². The molecule has 0 heterocycles. The Morgan fingerprint density at radius 1 is 0.923 bits per heavy atom. The fourth-order valence-electron chi connectivity index (χ4n) is 2.20. The molecule has 2 aromatic carbocycles. The summed E-state index contributed by atoms with van der Waals surface area (Å²) in [4.78, 5) is 11.9. The van der Waals surface area contributed by atoms with E-state index >= 15 is 0 Å². The zero-order chi connectivity index (χ0) is 18.8. The number of nitrogens with one attached hydrogen (secondary N) is 1. The number of hydrogen-bond donors (Lipinski definition) is 1. The lowest BCUT2D eigenvalue weighted by Gasteiger charge is -2.08. The van der Waals surface area contributed by atoms with E-state index in [0.717, 1.165) is 17.1 Å². The standard InChI is InChI=1S/C20H23NO5/c1-23-16-7-9-17(10-8-16)26-13-12-21-20(22)11-5-15-4-6-18(24-2)14-19(15)25-3/h4-11,14H,12-13H2,1-3H3,(H,21,22)/b11-5+. The SMILES string of the molecule is COc1ccc(OCCNC(=O)/C=C/c2ccc(OC)cc2OC)cc1. The minimum Gasteiger partial charge on any atom is -0.497 e. The van der Waals surface area contributed by atoms with Crippen LogP contribution >= 0.6 is 0 Å². The molecule has 0 saturated heterocycles. The monoisotopic (exact) mass is 357 g/mol. The highest BCUT2D eigenvalue weighted by molar-refractivity contribution is 5.92. The summed E-state index contributed by atoms with van der Waals surface area (Å²) in [5.41, 5.74) is 0.790. The van der Waals surface area contributed by atoms with Gasteiger partial charge in [0.1, 0.15) is 29.6 Å². The number of hydrogen-bond acceptors (Lipinski definition) is 5. The Morgan fingerprint density at radius 3 is 2.23 bits per heavy atom. The van der Waals surface area contributed by atoms with Gasteiger partial charge in [-0.2, -0.15) is 0 Å². The maximum Gasteiger partial charge on any atom is 0.244 e. The molecule has 0 saturated carbocycles. The van der Waals surface area contributed by atoms with Gasteiger partial charge in [0.05, 0.1) is 27.9 Å². The molecule has 0 aliphatic carbocycles. The van der Waals surface area contributed by atoms with Gasteiger partial charge in [0.25, 0.3) is 0 Å². The summed E-state index contributed by atoms with van der Waals surface area (Å²) < 4.78 is 21.1. The third-order valence-corrected chi connectivity index (χ3v) is 3.58. The second-order valence-corrected chi connectivity index (χ2v) is 5.26. The highest BCUT2D eigenvalue weighted by Crippen LogP contribution is 2.25. The number of benzene rings is 2. The number of ether oxygens (including phenoxy) is 4. The van der Waals surface area contributed by atoms with E-state index in [1.54, 1.807) is 33.5 Å². The summed E-state index contributed by atoms with van der Waals surface area (Å²) >= 11 is 0. The molecule has 0 unspecified atom stereocenters. The van der Waals surface area contributed by atoms with Crippen LogP contribution in [0.15, 0.2) is 48.5 Å². The minimum absolute atomic E-state index is 0.207. The first-order chi connectivity index (χ1) is 12.7. The Balaban J connectivity index is 1.78. The fourth-order valence-corrected chi connectivity index (χ4v) is 2.20. The van der Waals surface area contributed by atoms with Crippen molar-refractivity contribution in [3.8, 4) is 23.0 Å². The Labute approximate surface area is 153 Å². The molecule has 26 heavy (non-hydrogen) atoms. The molecule has 0 spiro atoms. The summed E-state index contributed by atoms with van der Waals surface area (Å²) in [5.74, 6) is 2.61. The van der Waals surface area contributed by atoms with Crippen molar-refractivity contribution in [2.75, 3.05) is 34.5 Å². The molecule has 0 bridgehead atoms. The summed E-state index contributed by atoms with van der Waals surface area (Å²) in [6.45, 7) is 0.771. The molecule has 0 aliphatic heterocycles. The lowest BCUT2D eigenvalue weighted by molar-refractivity contribution is -0.116. The van der Waals surface area contributed by atoms with Crippen molar-refractivity contribution in [2.45, 2.75) is 0 Å². The van der Waals surface area contributed by atoms with Crippen LogP contribution in [0.4, 0.5) is 0 Å². The van der Waals surface area contributed by atoms with Crippen molar-refractivity contribution in [1.29, 1.82) is 0 Å². The second kappa shape index (κ2) is 9.98. The normalized spacial score (nSPS) is 10.4. The van der Waals surface area contributed by atoms with Crippen LogP contribution in [0.25, 0.3) is 6.08 Å². The molecule has 0 fully saturated rings. The van der Waals surface area contributed by atoms with Crippen molar-refractivity contribution in [1.82, 2.24) is 5.32 Å². The lowest BCUT2D eigenvalue weighted by Crippen LogP contribution is -2.26. The van der Waals surface area contributed by atoms with Gasteiger partial charge in [0, 0.05) is 17.7 Å². The molecule has 0 radical (unpaired) electrons. The van der Waals surface area contributed by atoms with E-state index in [1.807, 2.05) is 36.4 Å². The predicted octanol–water partition coefficient (Wildman–Crippen LogP) is 2.92. The lowest BCUT2D eigenvalue weighted by atomic mass is 10.1. The zero-order valence-corrected chi connectivity index (χ0v) is 15.2. The van der Waals surface area contributed by atoms with E-state index in [-0.39, 0.29) is 5.91 Å². The van der Waals surface area contributed by atoms with E-state index in [2.05, 4.69) is 5.32 Å². The van der Waals surface area contributed by atoms with E-state index in [1.165, 1.54) is 6.08 Å². The van der Waals surface area contributed by atoms with E-state index in [4.69, 9.17) is 18.9 Å². The first-order valence-corrected chi connectivity index (χ1v) is 8.11. The Morgan fingerprint density at radius 2 is 1.58 bits per heavy atom. The predicted molar refractivity (Wildman–Crippen MR) is 100 cm³/mol. The topological polar surface area (TPSA) is 66.0 Å². The summed E-state index contributed by atoms with van der Waals surface area (Å²) in [5, 5.41) is 2.76. The number of methoxy groups -OCH3 is 3. The van der Waals surface area contributed by atoms with Gasteiger partial charge >= 0.3 is 0 Å². The first kappa shape index (κ1) is 19.2. The van der Waals surface area contributed by atoms with Crippen molar-refractivity contribution >= 4 is 12.0 Å². The Hall–Kier alpha value is -3.15. The van der Waals surface area contributed by atoms with Gasteiger partial charge in [-0.25, -0.2) is 0 Å². The van der Waals surface area contributed by atoms with Gasteiger partial charge in [0.15, 0.2) is 0 Å². The van der Waals surface area contributed by atoms with Gasteiger partial charge in [-0.15, -0.1) is 0 Å².